The molecule has 0 heterocycles. The van der Waals surface area contributed by atoms with Gasteiger partial charge in [0.1, 0.15) is 0 Å². The largest absolute Gasteiger partial charge is 0.384 e. The van der Waals surface area contributed by atoms with Crippen LogP contribution >= 0.6 is 11.6 Å². The summed E-state index contributed by atoms with van der Waals surface area (Å²) in [6.07, 6.45) is 0.923. The van der Waals surface area contributed by atoms with Crippen LogP contribution in [0.3, 0.4) is 0 Å². The molecule has 0 saturated carbocycles. The van der Waals surface area contributed by atoms with Crippen molar-refractivity contribution in [3.8, 4) is 0 Å². The molecule has 0 bridgehead atoms. The van der Waals surface area contributed by atoms with Gasteiger partial charge in [0.15, 0.2) is 0 Å². The highest BCUT2D eigenvalue weighted by Crippen LogP contribution is 2.24. The number of nitrogens with two attached hydrogens (primary N) is 1. The third-order valence-corrected chi connectivity index (χ3v) is 3.90. The molecule has 0 aliphatic rings. The van der Waals surface area contributed by atoms with E-state index in [0.717, 1.165) is 34.7 Å². The lowest BCUT2D eigenvalue weighted by molar-refractivity contribution is 0.202. The second-order valence-electron chi connectivity index (χ2n) is 4.97. The number of methoxy groups -OCH3 is 1. The summed E-state index contributed by atoms with van der Waals surface area (Å²) in [6.45, 7) is 2.73. The lowest BCUT2D eigenvalue weighted by Crippen LogP contribution is -2.12. The van der Waals surface area contributed by atoms with E-state index in [1.54, 1.807) is 7.11 Å². The fourth-order valence-corrected chi connectivity index (χ4v) is 2.28. The minimum atomic E-state index is -0.123. The van der Waals surface area contributed by atoms with Crippen LogP contribution in [0, 0.1) is 6.92 Å². The van der Waals surface area contributed by atoms with Crippen molar-refractivity contribution in [1.29, 1.82) is 0 Å². The van der Waals surface area contributed by atoms with E-state index < -0.39 is 0 Å². The molecular formula is C17H20ClNO. The summed E-state index contributed by atoms with van der Waals surface area (Å²) in [5.74, 6) is 0. The smallest absolute Gasteiger partial charge is 0.0551 e. The van der Waals surface area contributed by atoms with Gasteiger partial charge in [0.05, 0.1) is 12.6 Å². The van der Waals surface area contributed by atoms with Crippen LogP contribution in [0.15, 0.2) is 42.5 Å². The highest BCUT2D eigenvalue weighted by Gasteiger charge is 2.10. The molecule has 0 amide bonds. The van der Waals surface area contributed by atoms with Gasteiger partial charge in [-0.25, -0.2) is 0 Å². The van der Waals surface area contributed by atoms with E-state index in [-0.39, 0.29) is 6.04 Å². The van der Waals surface area contributed by atoms with Crippen LogP contribution in [0.1, 0.15) is 28.3 Å². The van der Waals surface area contributed by atoms with Crippen LogP contribution in [0.4, 0.5) is 0 Å². The van der Waals surface area contributed by atoms with Gasteiger partial charge in [-0.1, -0.05) is 48.0 Å². The van der Waals surface area contributed by atoms with Gasteiger partial charge in [-0.05, 0) is 41.7 Å². The quantitative estimate of drug-likeness (QED) is 0.906. The summed E-state index contributed by atoms with van der Waals surface area (Å²) in [6, 6.07) is 14.2. The Morgan fingerprint density at radius 1 is 1.10 bits per heavy atom. The zero-order valence-corrected chi connectivity index (χ0v) is 12.7. The highest BCUT2D eigenvalue weighted by atomic mass is 35.5. The minimum Gasteiger partial charge on any atom is -0.384 e. The first kappa shape index (κ1) is 15.0. The van der Waals surface area contributed by atoms with Crippen molar-refractivity contribution >= 4 is 11.6 Å². The second kappa shape index (κ2) is 6.89. The van der Waals surface area contributed by atoms with E-state index in [1.165, 1.54) is 5.56 Å². The molecular weight excluding hydrogens is 270 g/mol. The molecule has 1 unspecified atom stereocenters. The van der Waals surface area contributed by atoms with Crippen molar-refractivity contribution in [1.82, 2.24) is 0 Å². The number of aryl methyl sites for hydroxylation is 1. The second-order valence-corrected chi connectivity index (χ2v) is 5.38. The number of hydrogen-bond donors (Lipinski definition) is 1. The normalized spacial score (nSPS) is 12.4. The van der Waals surface area contributed by atoms with Gasteiger partial charge in [-0.3, -0.25) is 0 Å². The van der Waals surface area contributed by atoms with Crippen LogP contribution < -0.4 is 5.73 Å². The molecule has 2 nitrogen and oxygen atoms in total. The molecule has 3 heteroatoms. The van der Waals surface area contributed by atoms with Crippen LogP contribution in [0.5, 0.6) is 0 Å². The Morgan fingerprint density at radius 2 is 1.75 bits per heavy atom. The van der Waals surface area contributed by atoms with Crippen molar-refractivity contribution in [2.45, 2.75) is 19.4 Å². The van der Waals surface area contributed by atoms with Crippen molar-refractivity contribution in [3.63, 3.8) is 0 Å². The maximum atomic E-state index is 6.32. The molecule has 0 aliphatic heterocycles. The van der Waals surface area contributed by atoms with Gasteiger partial charge in [-0.2, -0.15) is 0 Å². The maximum absolute atomic E-state index is 6.32. The van der Waals surface area contributed by atoms with Gasteiger partial charge in [0.25, 0.3) is 0 Å². The van der Waals surface area contributed by atoms with E-state index in [4.69, 9.17) is 22.1 Å². The summed E-state index contributed by atoms with van der Waals surface area (Å²) in [5, 5.41) is 0.774. The molecule has 2 aromatic rings. The highest BCUT2D eigenvalue weighted by molar-refractivity contribution is 6.31. The van der Waals surface area contributed by atoms with Gasteiger partial charge in [0, 0.05) is 12.1 Å². The molecule has 0 spiro atoms. The van der Waals surface area contributed by atoms with E-state index in [0.29, 0.717) is 0 Å². The summed E-state index contributed by atoms with van der Waals surface area (Å²) < 4.78 is 5.08. The summed E-state index contributed by atoms with van der Waals surface area (Å²) in [5.41, 5.74) is 10.8. The van der Waals surface area contributed by atoms with Crippen molar-refractivity contribution in [2.75, 3.05) is 13.7 Å². The van der Waals surface area contributed by atoms with Crippen molar-refractivity contribution in [2.24, 2.45) is 5.73 Å². The Balaban J connectivity index is 2.15. The Hall–Kier alpha value is -1.35. The van der Waals surface area contributed by atoms with Crippen LogP contribution in [-0.4, -0.2) is 13.7 Å². The molecule has 20 heavy (non-hydrogen) atoms. The number of rotatable bonds is 5. The molecule has 0 aromatic heterocycles. The maximum Gasteiger partial charge on any atom is 0.0551 e. The molecule has 106 valence electrons. The molecule has 0 saturated heterocycles. The van der Waals surface area contributed by atoms with E-state index in [9.17, 15) is 0 Å². The minimum absolute atomic E-state index is 0.123. The fourth-order valence-electron chi connectivity index (χ4n) is 2.17. The molecule has 2 N–H and O–H groups in total. The molecule has 0 radical (unpaired) electrons. The lowest BCUT2D eigenvalue weighted by atomic mass is 9.97. The topological polar surface area (TPSA) is 35.2 Å². The Bertz CT molecular complexity index is 566. The van der Waals surface area contributed by atoms with Gasteiger partial charge in [-0.15, -0.1) is 0 Å². The first-order valence-corrected chi connectivity index (χ1v) is 7.09. The Labute approximate surface area is 125 Å². The van der Waals surface area contributed by atoms with Gasteiger partial charge in [0.2, 0.25) is 0 Å². The number of ether oxygens (including phenoxy) is 1. The number of halogens is 1. The van der Waals surface area contributed by atoms with Crippen LogP contribution in [0.2, 0.25) is 5.02 Å². The Kier molecular flexibility index (Phi) is 5.18. The zero-order valence-electron chi connectivity index (χ0n) is 11.9. The average Bonchev–Trinajstić information content (AvgIpc) is 2.48. The molecule has 0 aliphatic carbocycles. The lowest BCUT2D eigenvalue weighted by Gasteiger charge is -2.14. The molecule has 2 aromatic carbocycles. The monoisotopic (exact) mass is 289 g/mol. The molecule has 0 fully saturated rings. The number of benzene rings is 2. The van der Waals surface area contributed by atoms with Crippen LogP contribution in [0.25, 0.3) is 0 Å². The third-order valence-electron chi connectivity index (χ3n) is 3.47. The summed E-state index contributed by atoms with van der Waals surface area (Å²) in [7, 11) is 1.72. The predicted octanol–water partition coefficient (Wildman–Crippen LogP) is 3.89. The van der Waals surface area contributed by atoms with E-state index >= 15 is 0 Å². The fraction of sp³-hybridized carbons (Fsp3) is 0.294. The van der Waals surface area contributed by atoms with Gasteiger partial charge < -0.3 is 10.5 Å². The standard InChI is InChI=1S/C17H20ClNO/c1-12-11-15(7-8-16(12)18)17(19)14-5-3-13(4-6-14)9-10-20-2/h3-8,11,17H,9-10,19H2,1-2H3. The first-order valence-electron chi connectivity index (χ1n) is 6.71. The van der Waals surface area contributed by atoms with E-state index in [1.807, 2.05) is 25.1 Å². The predicted molar refractivity (Wildman–Crippen MR) is 84.2 cm³/mol. The SMILES string of the molecule is COCCc1ccc(C(N)c2ccc(Cl)c(C)c2)cc1. The molecule has 1 atom stereocenters. The van der Waals surface area contributed by atoms with Gasteiger partial charge >= 0.3 is 0 Å². The first-order chi connectivity index (χ1) is 9.61. The Morgan fingerprint density at radius 3 is 2.35 bits per heavy atom. The number of hydrogen-bond acceptors (Lipinski definition) is 2. The van der Waals surface area contributed by atoms with E-state index in [2.05, 4.69) is 24.3 Å². The van der Waals surface area contributed by atoms with Crippen LogP contribution in [-0.2, 0) is 11.2 Å². The zero-order chi connectivity index (χ0) is 14.5. The van der Waals surface area contributed by atoms with Crippen molar-refractivity contribution < 1.29 is 4.74 Å². The third kappa shape index (κ3) is 3.60. The molecule has 2 rings (SSSR count). The summed E-state index contributed by atoms with van der Waals surface area (Å²) in [4.78, 5) is 0. The summed E-state index contributed by atoms with van der Waals surface area (Å²) >= 11 is 6.05. The average molecular weight is 290 g/mol. The van der Waals surface area contributed by atoms with Crippen molar-refractivity contribution in [3.05, 3.63) is 69.7 Å².